The van der Waals surface area contributed by atoms with Gasteiger partial charge in [0.2, 0.25) is 0 Å². The van der Waals surface area contributed by atoms with Crippen molar-refractivity contribution in [3.8, 4) is 0 Å². The van der Waals surface area contributed by atoms with Gasteiger partial charge < -0.3 is 10.0 Å². The highest BCUT2D eigenvalue weighted by Gasteiger charge is 2.21. The van der Waals surface area contributed by atoms with E-state index in [1.165, 1.54) is 32.1 Å². The van der Waals surface area contributed by atoms with E-state index in [0.29, 0.717) is 17.7 Å². The van der Waals surface area contributed by atoms with Crippen LogP contribution < -0.4 is 4.90 Å². The first-order valence-corrected chi connectivity index (χ1v) is 6.68. The van der Waals surface area contributed by atoms with Gasteiger partial charge in [-0.25, -0.2) is 4.98 Å². The maximum atomic E-state index is 9.21. The van der Waals surface area contributed by atoms with Crippen LogP contribution in [-0.4, -0.2) is 29.3 Å². The summed E-state index contributed by atoms with van der Waals surface area (Å²) in [4.78, 5) is 6.27. The van der Waals surface area contributed by atoms with Gasteiger partial charge in [-0.1, -0.05) is 30.9 Å². The van der Waals surface area contributed by atoms with Gasteiger partial charge in [0, 0.05) is 24.5 Å². The lowest BCUT2D eigenvalue weighted by atomic mass is 9.94. The first kappa shape index (κ1) is 12.7. The van der Waals surface area contributed by atoms with Crippen molar-refractivity contribution >= 4 is 17.3 Å². The van der Waals surface area contributed by atoms with Crippen LogP contribution in [-0.2, 0) is 0 Å². The zero-order valence-corrected chi connectivity index (χ0v) is 10.7. The van der Waals surface area contributed by atoms with Crippen LogP contribution in [0, 0.1) is 0 Å². The first-order valence-electron chi connectivity index (χ1n) is 6.30. The number of rotatable bonds is 4. The maximum absolute atomic E-state index is 9.21. The Bertz CT molecular complexity index is 353. The van der Waals surface area contributed by atoms with Crippen LogP contribution in [0.25, 0.3) is 0 Å². The molecule has 3 nitrogen and oxygen atoms in total. The van der Waals surface area contributed by atoms with Crippen molar-refractivity contribution in [3.05, 3.63) is 23.5 Å². The topological polar surface area (TPSA) is 36.4 Å². The molecule has 0 bridgehead atoms. The quantitative estimate of drug-likeness (QED) is 0.840. The SMILES string of the molecule is OCCN(c1ccnc(Cl)c1)C1CCCCC1. The van der Waals surface area contributed by atoms with Gasteiger partial charge in [0.15, 0.2) is 0 Å². The van der Waals surface area contributed by atoms with Gasteiger partial charge in [-0.2, -0.15) is 0 Å². The van der Waals surface area contributed by atoms with Gasteiger partial charge >= 0.3 is 0 Å². The molecule has 0 amide bonds. The van der Waals surface area contributed by atoms with Crippen molar-refractivity contribution in [1.82, 2.24) is 4.98 Å². The molecule has 0 radical (unpaired) electrons. The van der Waals surface area contributed by atoms with Crippen LogP contribution in [0.3, 0.4) is 0 Å². The minimum atomic E-state index is 0.177. The van der Waals surface area contributed by atoms with E-state index in [-0.39, 0.29) is 6.61 Å². The van der Waals surface area contributed by atoms with Crippen LogP contribution in [0.2, 0.25) is 5.15 Å². The van der Waals surface area contributed by atoms with Gasteiger partial charge in [-0.15, -0.1) is 0 Å². The number of aliphatic hydroxyl groups excluding tert-OH is 1. The van der Waals surface area contributed by atoms with E-state index in [2.05, 4.69) is 9.88 Å². The molecule has 1 N–H and O–H groups in total. The summed E-state index contributed by atoms with van der Waals surface area (Å²) in [5.74, 6) is 0. The minimum absolute atomic E-state index is 0.177. The summed E-state index contributed by atoms with van der Waals surface area (Å²) >= 11 is 5.93. The highest BCUT2D eigenvalue weighted by atomic mass is 35.5. The summed E-state index contributed by atoms with van der Waals surface area (Å²) in [6, 6.07) is 4.39. The molecule has 0 spiro atoms. The zero-order valence-electron chi connectivity index (χ0n) is 9.98. The Labute approximate surface area is 107 Å². The lowest BCUT2D eigenvalue weighted by Gasteiger charge is -2.35. The molecule has 1 heterocycles. The molecule has 0 saturated heterocycles. The predicted octanol–water partition coefficient (Wildman–Crippen LogP) is 2.87. The molecule has 1 saturated carbocycles. The number of halogens is 1. The number of hydrogen-bond donors (Lipinski definition) is 1. The summed E-state index contributed by atoms with van der Waals surface area (Å²) in [6.07, 6.45) is 8.04. The first-order chi connectivity index (χ1) is 8.31. The minimum Gasteiger partial charge on any atom is -0.395 e. The molecule has 0 atom stereocenters. The molecule has 1 aromatic rings. The molecule has 1 aliphatic carbocycles. The van der Waals surface area contributed by atoms with Crippen molar-refractivity contribution in [2.45, 2.75) is 38.1 Å². The number of nitrogens with zero attached hydrogens (tertiary/aromatic N) is 2. The molecule has 0 aromatic carbocycles. The van der Waals surface area contributed by atoms with E-state index in [0.717, 1.165) is 5.69 Å². The Morgan fingerprint density at radius 2 is 2.12 bits per heavy atom. The molecule has 4 heteroatoms. The average molecular weight is 255 g/mol. The molecule has 94 valence electrons. The van der Waals surface area contributed by atoms with Gasteiger partial charge in [0.05, 0.1) is 6.61 Å². The fraction of sp³-hybridized carbons (Fsp3) is 0.615. The van der Waals surface area contributed by atoms with E-state index >= 15 is 0 Å². The third-order valence-corrected chi connectivity index (χ3v) is 3.60. The molecular weight excluding hydrogens is 236 g/mol. The van der Waals surface area contributed by atoms with Crippen molar-refractivity contribution in [1.29, 1.82) is 0 Å². The molecule has 17 heavy (non-hydrogen) atoms. The maximum Gasteiger partial charge on any atom is 0.131 e. The van der Waals surface area contributed by atoms with Crippen molar-refractivity contribution < 1.29 is 5.11 Å². The standard InChI is InChI=1S/C13H19ClN2O/c14-13-10-12(6-7-15-13)16(8-9-17)11-4-2-1-3-5-11/h6-7,10-11,17H,1-5,8-9H2. The van der Waals surface area contributed by atoms with E-state index in [9.17, 15) is 5.11 Å². The second-order valence-electron chi connectivity index (χ2n) is 4.55. The molecular formula is C13H19ClN2O. The Balaban J connectivity index is 2.15. The van der Waals surface area contributed by atoms with E-state index in [1.54, 1.807) is 6.20 Å². The Morgan fingerprint density at radius 1 is 1.35 bits per heavy atom. The van der Waals surface area contributed by atoms with Gasteiger partial charge in [0.1, 0.15) is 5.15 Å². The van der Waals surface area contributed by atoms with Crippen LogP contribution in [0.1, 0.15) is 32.1 Å². The summed E-state index contributed by atoms with van der Waals surface area (Å²) in [5, 5.41) is 9.72. The van der Waals surface area contributed by atoms with E-state index in [1.807, 2.05) is 12.1 Å². The van der Waals surface area contributed by atoms with E-state index < -0.39 is 0 Å². The fourth-order valence-electron chi connectivity index (χ4n) is 2.59. The highest BCUT2D eigenvalue weighted by molar-refractivity contribution is 6.29. The molecule has 1 aliphatic rings. The summed E-state index contributed by atoms with van der Waals surface area (Å²) in [5.41, 5.74) is 1.07. The Morgan fingerprint density at radius 3 is 2.76 bits per heavy atom. The number of aliphatic hydroxyl groups is 1. The largest absolute Gasteiger partial charge is 0.395 e. The second kappa shape index (κ2) is 6.22. The number of aromatic nitrogens is 1. The summed E-state index contributed by atoms with van der Waals surface area (Å²) < 4.78 is 0. The molecule has 0 unspecified atom stereocenters. The molecule has 1 fully saturated rings. The van der Waals surface area contributed by atoms with Crippen LogP contribution in [0.5, 0.6) is 0 Å². The second-order valence-corrected chi connectivity index (χ2v) is 4.93. The van der Waals surface area contributed by atoms with E-state index in [4.69, 9.17) is 11.6 Å². The normalized spacial score (nSPS) is 17.1. The lowest BCUT2D eigenvalue weighted by Crippen LogP contribution is -2.38. The van der Waals surface area contributed by atoms with Crippen molar-refractivity contribution in [2.24, 2.45) is 0 Å². The van der Waals surface area contributed by atoms with Crippen LogP contribution >= 0.6 is 11.6 Å². The van der Waals surface area contributed by atoms with Gasteiger partial charge in [0.25, 0.3) is 0 Å². The zero-order chi connectivity index (χ0) is 12.1. The van der Waals surface area contributed by atoms with Crippen molar-refractivity contribution in [3.63, 3.8) is 0 Å². The van der Waals surface area contributed by atoms with Crippen LogP contribution in [0.4, 0.5) is 5.69 Å². The van der Waals surface area contributed by atoms with Crippen molar-refractivity contribution in [2.75, 3.05) is 18.1 Å². The monoisotopic (exact) mass is 254 g/mol. The smallest absolute Gasteiger partial charge is 0.131 e. The van der Waals surface area contributed by atoms with Gasteiger partial charge in [-0.05, 0) is 25.0 Å². The third-order valence-electron chi connectivity index (χ3n) is 3.40. The predicted molar refractivity (Wildman–Crippen MR) is 70.6 cm³/mol. The summed E-state index contributed by atoms with van der Waals surface area (Å²) in [6.45, 7) is 0.849. The molecule has 1 aromatic heterocycles. The number of anilines is 1. The fourth-order valence-corrected chi connectivity index (χ4v) is 2.76. The van der Waals surface area contributed by atoms with Crippen LogP contribution in [0.15, 0.2) is 18.3 Å². The molecule has 0 aliphatic heterocycles. The number of pyridine rings is 1. The molecule has 2 rings (SSSR count). The summed E-state index contributed by atoms with van der Waals surface area (Å²) in [7, 11) is 0. The number of hydrogen-bond acceptors (Lipinski definition) is 3. The Hall–Kier alpha value is -0.800. The lowest BCUT2D eigenvalue weighted by molar-refractivity contribution is 0.290. The highest BCUT2D eigenvalue weighted by Crippen LogP contribution is 2.27. The Kier molecular flexibility index (Phi) is 4.63. The average Bonchev–Trinajstić information content (AvgIpc) is 2.37. The third kappa shape index (κ3) is 3.33. The van der Waals surface area contributed by atoms with Gasteiger partial charge in [-0.3, -0.25) is 0 Å².